The van der Waals surface area contributed by atoms with Gasteiger partial charge >= 0.3 is 0 Å². The van der Waals surface area contributed by atoms with Crippen LogP contribution in [0.5, 0.6) is 17.2 Å². The van der Waals surface area contributed by atoms with Crippen molar-refractivity contribution >= 4 is 25.6 Å². The molecule has 1 amide bonds. The third-order valence-corrected chi connectivity index (χ3v) is 5.54. The number of methoxy groups -OCH3 is 3. The van der Waals surface area contributed by atoms with E-state index >= 15 is 0 Å². The van der Waals surface area contributed by atoms with E-state index < -0.39 is 14.3 Å². The lowest BCUT2D eigenvalue weighted by Gasteiger charge is -2.19. The van der Waals surface area contributed by atoms with E-state index in [-0.39, 0.29) is 25.4 Å². The summed E-state index contributed by atoms with van der Waals surface area (Å²) < 4.78 is 38.5. The van der Waals surface area contributed by atoms with Crippen molar-refractivity contribution in [2.75, 3.05) is 27.9 Å². The van der Waals surface area contributed by atoms with Crippen LogP contribution in [0.4, 0.5) is 0 Å². The van der Waals surface area contributed by atoms with Crippen LogP contribution in [0, 0.1) is 0 Å². The van der Waals surface area contributed by atoms with Crippen LogP contribution in [0.2, 0.25) is 0 Å². The zero-order valence-electron chi connectivity index (χ0n) is 13.0. The van der Waals surface area contributed by atoms with E-state index in [0.717, 1.165) is 5.56 Å². The van der Waals surface area contributed by atoms with E-state index in [0.29, 0.717) is 17.2 Å². The second kappa shape index (κ2) is 6.84. The van der Waals surface area contributed by atoms with Gasteiger partial charge in [0.15, 0.2) is 11.5 Å². The SMILES string of the molecule is COc1cc(CN2CC(S(=O)(=O)Cl)CC2=O)cc(OC)c1OC. The summed E-state index contributed by atoms with van der Waals surface area (Å²) >= 11 is 0. The van der Waals surface area contributed by atoms with E-state index in [9.17, 15) is 13.2 Å². The lowest BCUT2D eigenvalue weighted by Crippen LogP contribution is -2.26. The van der Waals surface area contributed by atoms with Crippen molar-refractivity contribution in [1.82, 2.24) is 4.90 Å². The molecule has 1 aliphatic rings. The molecule has 0 radical (unpaired) electrons. The Balaban J connectivity index is 2.25. The molecule has 0 saturated carbocycles. The smallest absolute Gasteiger partial charge is 0.237 e. The summed E-state index contributed by atoms with van der Waals surface area (Å²) in [5.74, 6) is 1.13. The summed E-state index contributed by atoms with van der Waals surface area (Å²) in [7, 11) is 6.08. The van der Waals surface area contributed by atoms with Gasteiger partial charge in [-0.2, -0.15) is 0 Å². The largest absolute Gasteiger partial charge is 0.493 e. The van der Waals surface area contributed by atoms with E-state index in [1.165, 1.54) is 26.2 Å². The van der Waals surface area contributed by atoms with Crippen LogP contribution >= 0.6 is 10.7 Å². The molecule has 2 rings (SSSR count). The Kier molecular flexibility index (Phi) is 5.26. The molecule has 1 aromatic carbocycles. The summed E-state index contributed by atoms with van der Waals surface area (Å²) in [5, 5.41) is -0.876. The van der Waals surface area contributed by atoms with E-state index in [1.807, 2.05) is 0 Å². The number of halogens is 1. The van der Waals surface area contributed by atoms with Gasteiger partial charge in [-0.05, 0) is 17.7 Å². The normalized spacial score (nSPS) is 18.2. The van der Waals surface area contributed by atoms with Gasteiger partial charge < -0.3 is 19.1 Å². The third-order valence-electron chi connectivity index (χ3n) is 3.68. The molecule has 7 nitrogen and oxygen atoms in total. The van der Waals surface area contributed by atoms with Crippen LogP contribution in [0.15, 0.2) is 12.1 Å². The van der Waals surface area contributed by atoms with Crippen molar-refractivity contribution in [3.63, 3.8) is 0 Å². The molecule has 1 saturated heterocycles. The molecule has 1 aromatic rings. The fraction of sp³-hybridized carbons (Fsp3) is 0.500. The highest BCUT2D eigenvalue weighted by molar-refractivity contribution is 8.14. The molecule has 1 unspecified atom stereocenters. The first-order valence-electron chi connectivity index (χ1n) is 6.80. The van der Waals surface area contributed by atoms with Gasteiger partial charge in [-0.3, -0.25) is 4.79 Å². The van der Waals surface area contributed by atoms with E-state index in [1.54, 1.807) is 12.1 Å². The summed E-state index contributed by atoms with van der Waals surface area (Å²) in [6.45, 7) is 0.305. The minimum atomic E-state index is -3.76. The second-order valence-electron chi connectivity index (χ2n) is 5.11. The Bertz CT molecular complexity index is 680. The lowest BCUT2D eigenvalue weighted by atomic mass is 10.1. The first-order valence-corrected chi connectivity index (χ1v) is 9.17. The number of carbonyl (C=O) groups is 1. The molecule has 1 fully saturated rings. The molecule has 1 atom stereocenters. The van der Waals surface area contributed by atoms with Gasteiger partial charge in [0.1, 0.15) is 5.25 Å². The summed E-state index contributed by atoms with van der Waals surface area (Å²) in [6.07, 6.45) is -0.101. The molecular weight excluding hydrogens is 346 g/mol. The Hall–Kier alpha value is -1.67. The predicted molar refractivity (Wildman–Crippen MR) is 84.7 cm³/mol. The molecular formula is C14H18ClNO6S. The van der Waals surface area contributed by atoms with Gasteiger partial charge in [-0.15, -0.1) is 0 Å². The molecule has 128 valence electrons. The van der Waals surface area contributed by atoms with Crippen LogP contribution in [0.25, 0.3) is 0 Å². The van der Waals surface area contributed by atoms with Gasteiger partial charge in [0.2, 0.25) is 20.7 Å². The monoisotopic (exact) mass is 363 g/mol. The Labute approximate surface area is 139 Å². The molecule has 0 N–H and O–H groups in total. The first kappa shape index (κ1) is 17.7. The number of hydrogen-bond acceptors (Lipinski definition) is 6. The number of amides is 1. The van der Waals surface area contributed by atoms with Crippen molar-refractivity contribution in [1.29, 1.82) is 0 Å². The number of likely N-dealkylation sites (tertiary alicyclic amines) is 1. The Morgan fingerprint density at radius 1 is 1.17 bits per heavy atom. The highest BCUT2D eigenvalue weighted by Gasteiger charge is 2.37. The summed E-state index contributed by atoms with van der Waals surface area (Å²) in [6, 6.07) is 3.44. The van der Waals surface area contributed by atoms with Crippen molar-refractivity contribution in [2.45, 2.75) is 18.2 Å². The topological polar surface area (TPSA) is 82.1 Å². The number of ether oxygens (including phenoxy) is 3. The second-order valence-corrected chi connectivity index (χ2v) is 8.02. The average molecular weight is 364 g/mol. The average Bonchev–Trinajstić information content (AvgIpc) is 2.87. The molecule has 1 aliphatic heterocycles. The fourth-order valence-corrected chi connectivity index (χ4v) is 3.58. The molecule has 0 aromatic heterocycles. The maximum atomic E-state index is 12.0. The quantitative estimate of drug-likeness (QED) is 0.710. The van der Waals surface area contributed by atoms with Crippen molar-refractivity contribution in [2.24, 2.45) is 0 Å². The van der Waals surface area contributed by atoms with Crippen LogP contribution in [-0.4, -0.2) is 52.3 Å². The third kappa shape index (κ3) is 3.81. The number of nitrogens with zero attached hydrogens (tertiary/aromatic N) is 1. The molecule has 0 spiro atoms. The Morgan fingerprint density at radius 2 is 1.74 bits per heavy atom. The van der Waals surface area contributed by atoms with Gasteiger partial charge in [0.25, 0.3) is 0 Å². The zero-order valence-corrected chi connectivity index (χ0v) is 14.6. The van der Waals surface area contributed by atoms with Gasteiger partial charge in [-0.25, -0.2) is 8.42 Å². The number of benzene rings is 1. The Morgan fingerprint density at radius 3 is 2.13 bits per heavy atom. The van der Waals surface area contributed by atoms with Gasteiger partial charge in [0, 0.05) is 30.2 Å². The van der Waals surface area contributed by atoms with Gasteiger partial charge in [0.05, 0.1) is 21.3 Å². The standard InChI is InChI=1S/C14H18ClNO6S/c1-20-11-4-9(5-12(21-2)14(11)22-3)7-16-8-10(6-13(16)17)23(15,18)19/h4-5,10H,6-8H2,1-3H3. The van der Waals surface area contributed by atoms with Gasteiger partial charge in [-0.1, -0.05) is 0 Å². The molecule has 0 aliphatic carbocycles. The lowest BCUT2D eigenvalue weighted by molar-refractivity contribution is -0.128. The highest BCUT2D eigenvalue weighted by Crippen LogP contribution is 2.38. The summed E-state index contributed by atoms with van der Waals surface area (Å²) in [4.78, 5) is 13.4. The van der Waals surface area contributed by atoms with E-state index in [4.69, 9.17) is 24.9 Å². The number of hydrogen-bond donors (Lipinski definition) is 0. The molecule has 9 heteroatoms. The first-order chi connectivity index (χ1) is 10.8. The van der Waals surface area contributed by atoms with Crippen molar-refractivity contribution in [3.05, 3.63) is 17.7 Å². The van der Waals surface area contributed by atoms with Crippen molar-refractivity contribution in [3.8, 4) is 17.2 Å². The summed E-state index contributed by atoms with van der Waals surface area (Å²) in [5.41, 5.74) is 0.737. The fourth-order valence-electron chi connectivity index (χ4n) is 2.52. The van der Waals surface area contributed by atoms with Crippen LogP contribution < -0.4 is 14.2 Å². The predicted octanol–water partition coefficient (Wildman–Crippen LogP) is 1.38. The van der Waals surface area contributed by atoms with Crippen LogP contribution in [0.3, 0.4) is 0 Å². The zero-order chi connectivity index (χ0) is 17.2. The van der Waals surface area contributed by atoms with E-state index in [2.05, 4.69) is 0 Å². The minimum Gasteiger partial charge on any atom is -0.493 e. The maximum absolute atomic E-state index is 12.0. The molecule has 23 heavy (non-hydrogen) atoms. The number of carbonyl (C=O) groups excluding carboxylic acids is 1. The number of rotatable bonds is 6. The van der Waals surface area contributed by atoms with Crippen molar-refractivity contribution < 1.29 is 27.4 Å². The van der Waals surface area contributed by atoms with Crippen LogP contribution in [-0.2, 0) is 20.4 Å². The minimum absolute atomic E-state index is 0.0708. The maximum Gasteiger partial charge on any atom is 0.237 e. The molecule has 1 heterocycles. The molecule has 0 bridgehead atoms. The van der Waals surface area contributed by atoms with Crippen LogP contribution in [0.1, 0.15) is 12.0 Å². The highest BCUT2D eigenvalue weighted by atomic mass is 35.7.